The number of amides is 1. The number of benzene rings is 1. The van der Waals surface area contributed by atoms with Crippen molar-refractivity contribution in [3.8, 4) is 0 Å². The number of carbonyl (C=O) groups is 1. The lowest BCUT2D eigenvalue weighted by Gasteiger charge is -2.02. The van der Waals surface area contributed by atoms with Crippen LogP contribution in [0, 0.1) is 0 Å². The van der Waals surface area contributed by atoms with Gasteiger partial charge in [-0.2, -0.15) is 12.6 Å². The molecule has 0 spiro atoms. The van der Waals surface area contributed by atoms with Crippen LogP contribution in [0.3, 0.4) is 0 Å². The SMILES string of the molecule is NC(=O)C=Cc1ccccc1CCS. The van der Waals surface area contributed by atoms with Crippen LogP contribution < -0.4 is 5.73 Å². The Kier molecular flexibility index (Phi) is 4.26. The Bertz CT molecular complexity index is 347. The Morgan fingerprint density at radius 3 is 2.79 bits per heavy atom. The molecule has 1 aromatic rings. The van der Waals surface area contributed by atoms with Crippen molar-refractivity contribution in [2.45, 2.75) is 6.42 Å². The molecule has 2 nitrogen and oxygen atoms in total. The lowest BCUT2D eigenvalue weighted by Crippen LogP contribution is -2.05. The summed E-state index contributed by atoms with van der Waals surface area (Å²) in [5, 5.41) is 0. The standard InChI is InChI=1S/C11H13NOS/c12-11(13)6-5-9-3-1-2-4-10(9)7-8-14/h1-6,14H,7-8H2,(H2,12,13). The van der Waals surface area contributed by atoms with E-state index in [1.54, 1.807) is 6.08 Å². The third-order valence-corrected chi connectivity index (χ3v) is 2.09. The zero-order chi connectivity index (χ0) is 10.4. The second-order valence-corrected chi connectivity index (χ2v) is 3.36. The summed E-state index contributed by atoms with van der Waals surface area (Å²) in [7, 11) is 0. The van der Waals surface area contributed by atoms with Gasteiger partial charge in [0.15, 0.2) is 0 Å². The average molecular weight is 207 g/mol. The second-order valence-electron chi connectivity index (χ2n) is 2.91. The Morgan fingerprint density at radius 1 is 1.43 bits per heavy atom. The first-order valence-electron chi connectivity index (χ1n) is 4.40. The molecule has 1 aromatic carbocycles. The first-order valence-corrected chi connectivity index (χ1v) is 5.03. The molecule has 0 bridgehead atoms. The van der Waals surface area contributed by atoms with Gasteiger partial charge in [0.1, 0.15) is 0 Å². The van der Waals surface area contributed by atoms with Crippen LogP contribution in [0.1, 0.15) is 11.1 Å². The molecule has 0 heterocycles. The van der Waals surface area contributed by atoms with Crippen molar-refractivity contribution in [1.29, 1.82) is 0 Å². The highest BCUT2D eigenvalue weighted by Crippen LogP contribution is 2.11. The van der Waals surface area contributed by atoms with Gasteiger partial charge in [0.25, 0.3) is 0 Å². The van der Waals surface area contributed by atoms with E-state index in [-0.39, 0.29) is 0 Å². The summed E-state index contributed by atoms with van der Waals surface area (Å²) < 4.78 is 0. The Morgan fingerprint density at radius 2 is 2.14 bits per heavy atom. The van der Waals surface area contributed by atoms with Crippen molar-refractivity contribution >= 4 is 24.6 Å². The fraction of sp³-hybridized carbons (Fsp3) is 0.182. The molecule has 3 heteroatoms. The van der Waals surface area contributed by atoms with Gasteiger partial charge in [0.2, 0.25) is 5.91 Å². The molecular formula is C11H13NOS. The maximum atomic E-state index is 10.6. The molecule has 0 aromatic heterocycles. The number of hydrogen-bond acceptors (Lipinski definition) is 2. The van der Waals surface area contributed by atoms with Crippen molar-refractivity contribution in [2.75, 3.05) is 5.75 Å². The van der Waals surface area contributed by atoms with Crippen LogP contribution in [0.4, 0.5) is 0 Å². The minimum absolute atomic E-state index is 0.425. The van der Waals surface area contributed by atoms with E-state index in [0.717, 1.165) is 17.7 Å². The molecule has 0 aliphatic carbocycles. The summed E-state index contributed by atoms with van der Waals surface area (Å²) in [4.78, 5) is 10.6. The van der Waals surface area contributed by atoms with Crippen molar-refractivity contribution in [3.05, 3.63) is 41.5 Å². The summed E-state index contributed by atoms with van der Waals surface area (Å²) in [6.07, 6.45) is 4.00. The van der Waals surface area contributed by atoms with E-state index in [4.69, 9.17) is 5.73 Å². The summed E-state index contributed by atoms with van der Waals surface area (Å²) >= 11 is 4.17. The molecule has 74 valence electrons. The third kappa shape index (κ3) is 3.26. The summed E-state index contributed by atoms with van der Waals surface area (Å²) in [6.45, 7) is 0. The molecule has 0 fully saturated rings. The van der Waals surface area contributed by atoms with Crippen LogP contribution >= 0.6 is 12.6 Å². The number of rotatable bonds is 4. The molecule has 14 heavy (non-hydrogen) atoms. The van der Waals surface area contributed by atoms with Crippen molar-refractivity contribution in [2.24, 2.45) is 5.73 Å². The van der Waals surface area contributed by atoms with E-state index < -0.39 is 5.91 Å². The molecule has 0 unspecified atom stereocenters. The highest BCUT2D eigenvalue weighted by molar-refractivity contribution is 7.80. The minimum Gasteiger partial charge on any atom is -0.366 e. The second kappa shape index (κ2) is 5.50. The quantitative estimate of drug-likeness (QED) is 0.572. The van der Waals surface area contributed by atoms with Crippen molar-refractivity contribution < 1.29 is 4.79 Å². The molecule has 0 aliphatic rings. The van der Waals surface area contributed by atoms with Gasteiger partial charge in [-0.3, -0.25) is 4.79 Å². The Labute approximate surface area is 89.2 Å². The smallest absolute Gasteiger partial charge is 0.241 e. The zero-order valence-electron chi connectivity index (χ0n) is 7.81. The van der Waals surface area contributed by atoms with Gasteiger partial charge in [-0.1, -0.05) is 24.3 Å². The molecule has 0 saturated heterocycles. The predicted molar refractivity (Wildman–Crippen MR) is 62.2 cm³/mol. The van der Waals surface area contributed by atoms with E-state index in [0.29, 0.717) is 0 Å². The number of primary amides is 1. The van der Waals surface area contributed by atoms with Crippen LogP contribution in [-0.2, 0) is 11.2 Å². The maximum Gasteiger partial charge on any atom is 0.241 e. The van der Waals surface area contributed by atoms with Gasteiger partial charge in [0.05, 0.1) is 0 Å². The van der Waals surface area contributed by atoms with Crippen LogP contribution in [0.15, 0.2) is 30.3 Å². The average Bonchev–Trinajstić information content (AvgIpc) is 2.17. The summed E-state index contributed by atoms with van der Waals surface area (Å²) in [6, 6.07) is 7.89. The number of nitrogens with two attached hydrogens (primary N) is 1. The van der Waals surface area contributed by atoms with Crippen LogP contribution in [0.5, 0.6) is 0 Å². The van der Waals surface area contributed by atoms with Gasteiger partial charge in [-0.25, -0.2) is 0 Å². The predicted octanol–water partition coefficient (Wildman–Crippen LogP) is 1.66. The molecular weight excluding hydrogens is 194 g/mol. The molecule has 1 rings (SSSR count). The maximum absolute atomic E-state index is 10.6. The van der Waals surface area contributed by atoms with Gasteiger partial charge in [0, 0.05) is 6.08 Å². The lowest BCUT2D eigenvalue weighted by molar-refractivity contribution is -0.113. The van der Waals surface area contributed by atoms with E-state index in [2.05, 4.69) is 12.6 Å². The van der Waals surface area contributed by atoms with Crippen LogP contribution in [0.2, 0.25) is 0 Å². The normalized spacial score (nSPS) is 10.6. The minimum atomic E-state index is -0.425. The van der Waals surface area contributed by atoms with E-state index in [1.807, 2.05) is 24.3 Å². The van der Waals surface area contributed by atoms with Gasteiger partial charge in [-0.15, -0.1) is 0 Å². The lowest BCUT2D eigenvalue weighted by atomic mass is 10.1. The summed E-state index contributed by atoms with van der Waals surface area (Å²) in [5.41, 5.74) is 7.23. The monoisotopic (exact) mass is 207 g/mol. The molecule has 0 atom stereocenters. The fourth-order valence-corrected chi connectivity index (χ4v) is 1.46. The zero-order valence-corrected chi connectivity index (χ0v) is 8.71. The van der Waals surface area contributed by atoms with Gasteiger partial charge in [-0.05, 0) is 29.4 Å². The van der Waals surface area contributed by atoms with Gasteiger partial charge < -0.3 is 5.73 Å². The number of carbonyl (C=O) groups excluding carboxylic acids is 1. The number of aryl methyl sites for hydroxylation is 1. The van der Waals surface area contributed by atoms with E-state index in [9.17, 15) is 4.79 Å². The topological polar surface area (TPSA) is 43.1 Å². The first kappa shape index (κ1) is 10.9. The number of thiol groups is 1. The Hall–Kier alpha value is -1.22. The van der Waals surface area contributed by atoms with Crippen molar-refractivity contribution in [3.63, 3.8) is 0 Å². The molecule has 0 saturated carbocycles. The van der Waals surface area contributed by atoms with E-state index in [1.165, 1.54) is 11.6 Å². The molecule has 0 radical (unpaired) electrons. The highest BCUT2D eigenvalue weighted by Gasteiger charge is 1.96. The van der Waals surface area contributed by atoms with Crippen LogP contribution in [0.25, 0.3) is 6.08 Å². The first-order chi connectivity index (χ1) is 6.74. The van der Waals surface area contributed by atoms with Crippen LogP contribution in [-0.4, -0.2) is 11.7 Å². The summed E-state index contributed by atoms with van der Waals surface area (Å²) in [5.74, 6) is 0.368. The molecule has 2 N–H and O–H groups in total. The van der Waals surface area contributed by atoms with E-state index >= 15 is 0 Å². The molecule has 0 aliphatic heterocycles. The number of hydrogen-bond donors (Lipinski definition) is 2. The molecule has 1 amide bonds. The van der Waals surface area contributed by atoms with Crippen molar-refractivity contribution in [1.82, 2.24) is 0 Å². The Balaban J connectivity index is 2.89. The highest BCUT2D eigenvalue weighted by atomic mass is 32.1. The largest absolute Gasteiger partial charge is 0.366 e. The fourth-order valence-electron chi connectivity index (χ4n) is 1.22. The van der Waals surface area contributed by atoms with Gasteiger partial charge >= 0.3 is 0 Å². The third-order valence-electron chi connectivity index (χ3n) is 1.86.